The molecule has 5 nitrogen and oxygen atoms in total. The molecule has 0 bridgehead atoms. The van der Waals surface area contributed by atoms with Gasteiger partial charge in [-0.1, -0.05) is 53.5 Å². The first-order valence-electron chi connectivity index (χ1n) is 10.8. The summed E-state index contributed by atoms with van der Waals surface area (Å²) in [6.07, 6.45) is 1.19. The molecule has 2 fully saturated rings. The monoisotopic (exact) mass is 462 g/mol. The number of hydrogen-bond acceptors (Lipinski definition) is 4. The van der Waals surface area contributed by atoms with E-state index in [-0.39, 0.29) is 5.91 Å². The molecule has 2 aromatic carbocycles. The molecule has 1 N–H and O–H groups in total. The van der Waals surface area contributed by atoms with Gasteiger partial charge in [0.1, 0.15) is 0 Å². The zero-order chi connectivity index (χ0) is 21.7. The molecule has 7 heteroatoms. The zero-order valence-electron chi connectivity index (χ0n) is 17.5. The molecule has 0 spiro atoms. The van der Waals surface area contributed by atoms with Crippen LogP contribution in [0.5, 0.6) is 0 Å². The number of benzene rings is 2. The number of morpholine rings is 1. The number of carbonyl (C=O) groups excluding carboxylic acids is 1. The summed E-state index contributed by atoms with van der Waals surface area (Å²) < 4.78 is 11.0. The topological polar surface area (TPSA) is 50.8 Å². The van der Waals surface area contributed by atoms with Gasteiger partial charge in [-0.2, -0.15) is 0 Å². The van der Waals surface area contributed by atoms with Crippen molar-refractivity contribution in [3.05, 3.63) is 69.2 Å². The Morgan fingerprint density at radius 3 is 2.35 bits per heavy atom. The number of hydrogen-bond donors (Lipinski definition) is 1. The third kappa shape index (κ3) is 5.24. The molecule has 4 rings (SSSR count). The molecule has 2 aliphatic rings. The summed E-state index contributed by atoms with van der Waals surface area (Å²) >= 11 is 12.6. The first-order chi connectivity index (χ1) is 15.1. The molecule has 0 atom stereocenters. The van der Waals surface area contributed by atoms with Gasteiger partial charge in [-0.3, -0.25) is 9.69 Å². The molecule has 166 valence electrons. The van der Waals surface area contributed by atoms with Gasteiger partial charge < -0.3 is 14.8 Å². The summed E-state index contributed by atoms with van der Waals surface area (Å²) in [5.41, 5.74) is 2.47. The van der Waals surface area contributed by atoms with E-state index < -0.39 is 5.41 Å². The third-order valence-electron chi connectivity index (χ3n) is 6.28. The van der Waals surface area contributed by atoms with Crippen LogP contribution in [0.4, 0.5) is 0 Å². The largest absolute Gasteiger partial charge is 0.381 e. The lowest BCUT2D eigenvalue weighted by molar-refractivity contribution is -0.130. The van der Waals surface area contributed by atoms with Crippen molar-refractivity contribution in [2.45, 2.75) is 31.3 Å². The lowest BCUT2D eigenvalue weighted by Crippen LogP contribution is -2.48. The highest BCUT2D eigenvalue weighted by Gasteiger charge is 2.43. The SMILES string of the molecule is O=C(NCc1ccccc1CN1CCOCC1)C1(c2ccc(Cl)cc2Cl)CCOCC1. The number of nitrogens with one attached hydrogen (secondary N) is 1. The van der Waals surface area contributed by atoms with Crippen molar-refractivity contribution in [3.8, 4) is 0 Å². The van der Waals surface area contributed by atoms with Gasteiger partial charge in [-0.25, -0.2) is 0 Å². The van der Waals surface area contributed by atoms with Gasteiger partial charge in [-0.15, -0.1) is 0 Å². The fourth-order valence-corrected chi connectivity index (χ4v) is 5.03. The van der Waals surface area contributed by atoms with Crippen molar-refractivity contribution in [1.29, 1.82) is 0 Å². The fraction of sp³-hybridized carbons (Fsp3) is 0.458. The van der Waals surface area contributed by atoms with Crippen LogP contribution < -0.4 is 5.32 Å². The third-order valence-corrected chi connectivity index (χ3v) is 6.83. The summed E-state index contributed by atoms with van der Waals surface area (Å²) in [6, 6.07) is 13.7. The highest BCUT2D eigenvalue weighted by molar-refractivity contribution is 6.35. The quantitative estimate of drug-likeness (QED) is 0.698. The molecule has 2 heterocycles. The number of rotatable bonds is 6. The van der Waals surface area contributed by atoms with Gasteiger partial charge in [-0.05, 0) is 41.7 Å². The Morgan fingerprint density at radius 2 is 1.65 bits per heavy atom. The van der Waals surface area contributed by atoms with Gasteiger partial charge in [0, 0.05) is 49.4 Å². The number of amides is 1. The first-order valence-corrected chi connectivity index (χ1v) is 11.5. The van der Waals surface area contributed by atoms with Crippen LogP contribution in [0.2, 0.25) is 10.0 Å². The van der Waals surface area contributed by atoms with Crippen LogP contribution in [0.3, 0.4) is 0 Å². The molecular weight excluding hydrogens is 435 g/mol. The van der Waals surface area contributed by atoms with Gasteiger partial charge in [0.25, 0.3) is 0 Å². The van der Waals surface area contributed by atoms with Gasteiger partial charge in [0.15, 0.2) is 0 Å². The van der Waals surface area contributed by atoms with Crippen LogP contribution in [-0.4, -0.2) is 50.3 Å². The maximum Gasteiger partial charge on any atom is 0.231 e. The summed E-state index contributed by atoms with van der Waals surface area (Å²) in [7, 11) is 0. The molecule has 2 aliphatic heterocycles. The van der Waals surface area contributed by atoms with Gasteiger partial charge in [0.2, 0.25) is 5.91 Å². The van der Waals surface area contributed by atoms with E-state index in [1.54, 1.807) is 12.1 Å². The van der Waals surface area contributed by atoms with Crippen molar-refractivity contribution in [3.63, 3.8) is 0 Å². The zero-order valence-corrected chi connectivity index (χ0v) is 19.1. The van der Waals surface area contributed by atoms with Crippen LogP contribution in [0.25, 0.3) is 0 Å². The normalized spacial score (nSPS) is 19.2. The fourth-order valence-electron chi connectivity index (χ4n) is 4.45. The maximum atomic E-state index is 13.5. The van der Waals surface area contributed by atoms with Gasteiger partial charge in [0.05, 0.1) is 18.6 Å². The predicted molar refractivity (Wildman–Crippen MR) is 123 cm³/mol. The van der Waals surface area contributed by atoms with Crippen molar-refractivity contribution < 1.29 is 14.3 Å². The molecule has 0 aromatic heterocycles. The Balaban J connectivity index is 1.51. The van der Waals surface area contributed by atoms with Gasteiger partial charge >= 0.3 is 0 Å². The molecule has 2 aromatic rings. The molecule has 0 unspecified atom stereocenters. The second-order valence-electron chi connectivity index (χ2n) is 8.16. The van der Waals surface area contributed by atoms with E-state index in [0.717, 1.165) is 44.0 Å². The van der Waals surface area contributed by atoms with Crippen LogP contribution in [0.1, 0.15) is 29.5 Å². The Labute approximate surface area is 193 Å². The minimum absolute atomic E-state index is 0.0128. The molecule has 31 heavy (non-hydrogen) atoms. The molecule has 0 aliphatic carbocycles. The summed E-state index contributed by atoms with van der Waals surface area (Å²) in [6.45, 7) is 5.79. The lowest BCUT2D eigenvalue weighted by Gasteiger charge is -2.37. The predicted octanol–water partition coefficient (Wildman–Crippen LogP) is 4.19. The maximum absolute atomic E-state index is 13.5. The van der Waals surface area contributed by atoms with Crippen molar-refractivity contribution in [2.75, 3.05) is 39.5 Å². The van der Waals surface area contributed by atoms with E-state index in [4.69, 9.17) is 32.7 Å². The highest BCUT2D eigenvalue weighted by Crippen LogP contribution is 2.40. The van der Waals surface area contributed by atoms with E-state index >= 15 is 0 Å². The minimum atomic E-state index is -0.709. The molecule has 2 saturated heterocycles. The van der Waals surface area contributed by atoms with E-state index in [2.05, 4.69) is 28.4 Å². The van der Waals surface area contributed by atoms with Crippen molar-refractivity contribution in [2.24, 2.45) is 0 Å². The lowest BCUT2D eigenvalue weighted by atomic mass is 9.73. The van der Waals surface area contributed by atoms with Crippen molar-refractivity contribution in [1.82, 2.24) is 10.2 Å². The summed E-state index contributed by atoms with van der Waals surface area (Å²) in [5, 5.41) is 4.29. The van der Waals surface area contributed by atoms with Crippen LogP contribution in [0, 0.1) is 0 Å². The van der Waals surface area contributed by atoms with Crippen LogP contribution in [0.15, 0.2) is 42.5 Å². The van der Waals surface area contributed by atoms with E-state index in [1.165, 1.54) is 5.56 Å². The smallest absolute Gasteiger partial charge is 0.231 e. The number of carbonyl (C=O) groups is 1. The average molecular weight is 463 g/mol. The first kappa shape index (κ1) is 22.6. The minimum Gasteiger partial charge on any atom is -0.381 e. The Hall–Kier alpha value is -1.63. The number of nitrogens with zero attached hydrogens (tertiary/aromatic N) is 1. The Morgan fingerprint density at radius 1 is 0.968 bits per heavy atom. The number of ether oxygens (including phenoxy) is 2. The molecule has 0 radical (unpaired) electrons. The number of halogens is 2. The summed E-state index contributed by atoms with van der Waals surface area (Å²) in [5.74, 6) is -0.0128. The van der Waals surface area contributed by atoms with Crippen molar-refractivity contribution >= 4 is 29.1 Å². The van der Waals surface area contributed by atoms with E-state index in [9.17, 15) is 4.79 Å². The molecule has 0 saturated carbocycles. The Bertz CT molecular complexity index is 909. The van der Waals surface area contributed by atoms with E-state index in [1.807, 2.05) is 12.1 Å². The standard InChI is InChI=1S/C24H28Cl2N2O3/c25-20-5-6-21(22(26)15-20)24(7-11-30-12-8-24)23(29)27-16-18-3-1-2-4-19(18)17-28-9-13-31-14-10-28/h1-6,15H,7-14,16-17H2,(H,27,29). The van der Waals surface area contributed by atoms with Crippen LogP contribution in [-0.2, 0) is 32.8 Å². The second-order valence-corrected chi connectivity index (χ2v) is 9.00. The highest BCUT2D eigenvalue weighted by atomic mass is 35.5. The summed E-state index contributed by atoms with van der Waals surface area (Å²) in [4.78, 5) is 15.9. The molecular formula is C24H28Cl2N2O3. The average Bonchev–Trinajstić information content (AvgIpc) is 2.79. The van der Waals surface area contributed by atoms with Crippen LogP contribution >= 0.6 is 23.2 Å². The Kier molecular flexibility index (Phi) is 7.51. The molecule has 1 amide bonds. The van der Waals surface area contributed by atoms with E-state index in [0.29, 0.717) is 42.6 Å². The second kappa shape index (κ2) is 10.3.